The van der Waals surface area contributed by atoms with Gasteiger partial charge < -0.3 is 14.7 Å². The van der Waals surface area contributed by atoms with Gasteiger partial charge in [0.2, 0.25) is 0 Å². The molecule has 1 N–H and O–H groups in total. The van der Waals surface area contributed by atoms with Crippen LogP contribution >= 0.6 is 0 Å². The van der Waals surface area contributed by atoms with Gasteiger partial charge in [-0.1, -0.05) is 48.0 Å². The molecule has 34 heavy (non-hydrogen) atoms. The molecule has 3 amide bonds. The van der Waals surface area contributed by atoms with Crippen LogP contribution in [0.25, 0.3) is 0 Å². The molecule has 0 saturated carbocycles. The van der Waals surface area contributed by atoms with Crippen LogP contribution in [0.2, 0.25) is 0 Å². The molecule has 8 nitrogen and oxygen atoms in total. The van der Waals surface area contributed by atoms with E-state index in [-0.39, 0.29) is 12.4 Å². The maximum Gasteiger partial charge on any atom is 0.325 e. The molecule has 0 aliphatic carbocycles. The third-order valence-electron chi connectivity index (χ3n) is 6.78. The first-order valence-electron chi connectivity index (χ1n) is 11.6. The first-order chi connectivity index (χ1) is 16.4. The zero-order valence-electron chi connectivity index (χ0n) is 19.4. The van der Waals surface area contributed by atoms with Crippen LogP contribution in [-0.2, 0) is 17.9 Å². The van der Waals surface area contributed by atoms with Crippen molar-refractivity contribution in [2.24, 2.45) is 4.99 Å². The summed E-state index contributed by atoms with van der Waals surface area (Å²) in [6, 6.07) is 13.9. The third kappa shape index (κ3) is 4.23. The van der Waals surface area contributed by atoms with E-state index in [0.717, 1.165) is 32.7 Å². The summed E-state index contributed by atoms with van der Waals surface area (Å²) in [4.78, 5) is 37.7. The highest BCUT2D eigenvalue weighted by atomic mass is 19.1. The standard InChI is InChI=1S/C25H29FN6O2/c1-17-6-5-7-18(14-17)15-30-10-12-31(13-11-30)24-27-22-21(23(33)28-25(34)29(22)2)32(24)16-19-8-3-4-9-20(19)26/h3-9,14,21-22H,10-13,15-16H2,1-2H3,(H,28,33,34). The number of carbonyl (C=O) groups excluding carboxylic acids is 2. The number of nitrogens with one attached hydrogen (secondary N) is 1. The second-order valence-corrected chi connectivity index (χ2v) is 9.16. The van der Waals surface area contributed by atoms with Crippen molar-refractivity contribution in [3.63, 3.8) is 0 Å². The van der Waals surface area contributed by atoms with E-state index in [0.29, 0.717) is 11.5 Å². The molecule has 0 spiro atoms. The Bertz CT molecular complexity index is 1130. The summed E-state index contributed by atoms with van der Waals surface area (Å²) in [5, 5.41) is 2.41. The fraction of sp³-hybridized carbons (Fsp3) is 0.400. The van der Waals surface area contributed by atoms with E-state index in [1.54, 1.807) is 25.2 Å². The SMILES string of the molecule is Cc1cccc(CN2CCN(C3=NC4C(C(=O)NC(=O)N4C)N3Cc3ccccc3F)CC2)c1. The van der Waals surface area contributed by atoms with Crippen molar-refractivity contribution in [2.45, 2.75) is 32.2 Å². The minimum absolute atomic E-state index is 0.200. The molecule has 2 aromatic rings. The fourth-order valence-electron chi connectivity index (χ4n) is 4.93. The normalized spacial score (nSPS) is 23.1. The number of nitrogens with zero attached hydrogens (tertiary/aromatic N) is 5. The molecule has 2 atom stereocenters. The summed E-state index contributed by atoms with van der Waals surface area (Å²) >= 11 is 0. The number of urea groups is 1. The predicted molar refractivity (Wildman–Crippen MR) is 126 cm³/mol. The molecule has 9 heteroatoms. The average molecular weight is 465 g/mol. The van der Waals surface area contributed by atoms with E-state index < -0.39 is 24.1 Å². The summed E-state index contributed by atoms with van der Waals surface area (Å²) in [5.74, 6) is -0.0830. The highest BCUT2D eigenvalue weighted by Crippen LogP contribution is 2.28. The maximum atomic E-state index is 14.5. The Morgan fingerprint density at radius 3 is 2.53 bits per heavy atom. The fourth-order valence-corrected chi connectivity index (χ4v) is 4.93. The van der Waals surface area contributed by atoms with Gasteiger partial charge >= 0.3 is 6.03 Å². The number of hydrogen-bond acceptors (Lipinski definition) is 6. The van der Waals surface area contributed by atoms with Gasteiger partial charge in [0.25, 0.3) is 5.91 Å². The van der Waals surface area contributed by atoms with Gasteiger partial charge in [-0.3, -0.25) is 15.0 Å². The Morgan fingerprint density at radius 2 is 1.79 bits per heavy atom. The van der Waals surface area contributed by atoms with E-state index in [1.165, 1.54) is 22.1 Å². The lowest BCUT2D eigenvalue weighted by atomic mass is 10.1. The number of rotatable bonds is 4. The van der Waals surface area contributed by atoms with Gasteiger partial charge in [-0.25, -0.2) is 14.2 Å². The summed E-state index contributed by atoms with van der Waals surface area (Å²) in [6.45, 7) is 6.33. The minimum atomic E-state index is -0.692. The Morgan fingerprint density at radius 1 is 1.03 bits per heavy atom. The predicted octanol–water partition coefficient (Wildman–Crippen LogP) is 2.00. The van der Waals surface area contributed by atoms with Crippen molar-refractivity contribution in [1.82, 2.24) is 24.9 Å². The van der Waals surface area contributed by atoms with Crippen LogP contribution in [0.4, 0.5) is 9.18 Å². The molecule has 2 aromatic carbocycles. The summed E-state index contributed by atoms with van der Waals surface area (Å²) < 4.78 is 14.5. The maximum absolute atomic E-state index is 14.5. The number of piperazine rings is 1. The van der Waals surface area contributed by atoms with E-state index in [4.69, 9.17) is 4.99 Å². The zero-order valence-corrected chi connectivity index (χ0v) is 19.4. The molecular formula is C25H29FN6O2. The molecule has 2 unspecified atom stereocenters. The van der Waals surface area contributed by atoms with Crippen molar-refractivity contribution in [2.75, 3.05) is 33.2 Å². The molecule has 178 valence electrons. The van der Waals surface area contributed by atoms with Gasteiger partial charge in [-0.2, -0.15) is 0 Å². The van der Waals surface area contributed by atoms with E-state index in [1.807, 2.05) is 4.90 Å². The second kappa shape index (κ2) is 9.06. The number of carbonyl (C=O) groups is 2. The Hall–Kier alpha value is -3.46. The number of aliphatic imine (C=N–C) groups is 1. The van der Waals surface area contributed by atoms with E-state index in [2.05, 4.69) is 46.3 Å². The van der Waals surface area contributed by atoms with Crippen LogP contribution in [0.1, 0.15) is 16.7 Å². The lowest BCUT2D eigenvalue weighted by Gasteiger charge is -2.40. The first-order valence-corrected chi connectivity index (χ1v) is 11.6. The molecule has 2 saturated heterocycles. The lowest BCUT2D eigenvalue weighted by molar-refractivity contribution is -0.127. The van der Waals surface area contributed by atoms with Crippen LogP contribution in [0, 0.1) is 12.7 Å². The smallest absolute Gasteiger partial charge is 0.325 e. The zero-order chi connectivity index (χ0) is 23.8. The van der Waals surface area contributed by atoms with Gasteiger partial charge in [-0.15, -0.1) is 0 Å². The minimum Gasteiger partial charge on any atom is -0.340 e. The van der Waals surface area contributed by atoms with Crippen molar-refractivity contribution >= 4 is 17.9 Å². The molecular weight excluding hydrogens is 435 g/mol. The molecule has 0 aromatic heterocycles. The topological polar surface area (TPSA) is 71.5 Å². The van der Waals surface area contributed by atoms with Gasteiger partial charge in [0.1, 0.15) is 5.82 Å². The molecule has 3 heterocycles. The molecule has 3 aliphatic rings. The van der Waals surface area contributed by atoms with Crippen LogP contribution < -0.4 is 5.32 Å². The molecule has 2 fully saturated rings. The molecule has 0 radical (unpaired) electrons. The number of likely N-dealkylation sites (N-methyl/N-ethyl adjacent to an activating group) is 1. The Kier molecular flexibility index (Phi) is 5.95. The van der Waals surface area contributed by atoms with Crippen LogP contribution in [0.15, 0.2) is 53.5 Å². The molecule has 5 rings (SSSR count). The van der Waals surface area contributed by atoms with Crippen molar-refractivity contribution in [3.8, 4) is 0 Å². The monoisotopic (exact) mass is 464 g/mol. The van der Waals surface area contributed by atoms with Gasteiger partial charge in [0, 0.05) is 51.9 Å². The van der Waals surface area contributed by atoms with Gasteiger partial charge in [0.15, 0.2) is 18.2 Å². The van der Waals surface area contributed by atoms with Gasteiger partial charge in [0.05, 0.1) is 0 Å². The quantitative estimate of drug-likeness (QED) is 0.750. The summed E-state index contributed by atoms with van der Waals surface area (Å²) in [6.07, 6.45) is -0.631. The van der Waals surface area contributed by atoms with Crippen molar-refractivity contribution < 1.29 is 14.0 Å². The third-order valence-corrected chi connectivity index (χ3v) is 6.78. The highest BCUT2D eigenvalue weighted by molar-refractivity contribution is 6.03. The number of fused-ring (bicyclic) bond motifs is 1. The number of hydrogen-bond donors (Lipinski definition) is 1. The number of imide groups is 1. The highest BCUT2D eigenvalue weighted by Gasteiger charge is 2.50. The van der Waals surface area contributed by atoms with Gasteiger partial charge in [-0.05, 0) is 18.6 Å². The number of amides is 3. The van der Waals surface area contributed by atoms with Crippen LogP contribution in [0.3, 0.4) is 0 Å². The summed E-state index contributed by atoms with van der Waals surface area (Å²) in [7, 11) is 1.63. The number of benzene rings is 2. The average Bonchev–Trinajstić information content (AvgIpc) is 3.19. The van der Waals surface area contributed by atoms with E-state index in [9.17, 15) is 14.0 Å². The summed E-state index contributed by atoms with van der Waals surface area (Å²) in [5.41, 5.74) is 3.02. The first kappa shape index (κ1) is 22.3. The van der Waals surface area contributed by atoms with E-state index >= 15 is 0 Å². The van der Waals surface area contributed by atoms with Crippen LogP contribution in [-0.4, -0.2) is 82.9 Å². The Labute approximate surface area is 198 Å². The lowest BCUT2D eigenvalue weighted by Crippen LogP contribution is -2.64. The molecule has 3 aliphatic heterocycles. The second-order valence-electron chi connectivity index (χ2n) is 9.16. The number of aryl methyl sites for hydroxylation is 1. The molecule has 0 bridgehead atoms. The largest absolute Gasteiger partial charge is 0.340 e. The van der Waals surface area contributed by atoms with Crippen molar-refractivity contribution in [3.05, 3.63) is 71.0 Å². The Balaban J connectivity index is 1.35. The van der Waals surface area contributed by atoms with Crippen LogP contribution in [0.5, 0.6) is 0 Å². The number of guanidine groups is 1. The van der Waals surface area contributed by atoms with Crippen molar-refractivity contribution in [1.29, 1.82) is 0 Å². The number of halogens is 1.